The van der Waals surface area contributed by atoms with E-state index in [1.807, 2.05) is 31.3 Å². The number of hydrogen-bond acceptors (Lipinski definition) is 3. The van der Waals surface area contributed by atoms with Gasteiger partial charge >= 0.3 is 0 Å². The van der Waals surface area contributed by atoms with Gasteiger partial charge in [0.05, 0.1) is 0 Å². The van der Waals surface area contributed by atoms with E-state index in [1.165, 1.54) is 16.3 Å². The molecule has 21 heavy (non-hydrogen) atoms. The van der Waals surface area contributed by atoms with Crippen molar-refractivity contribution in [3.8, 4) is 0 Å². The number of aryl methyl sites for hydroxylation is 1. The quantitative estimate of drug-likeness (QED) is 0.664. The molecule has 2 aromatic carbocycles. The fraction of sp³-hybridized carbons (Fsp3) is 0.167. The minimum absolute atomic E-state index is 0.234. The third kappa shape index (κ3) is 3.03. The zero-order chi connectivity index (χ0) is 14.8. The molecule has 0 bridgehead atoms. The Morgan fingerprint density at radius 2 is 1.95 bits per heavy atom. The number of benzene rings is 2. The minimum Gasteiger partial charge on any atom is -0.379 e. The van der Waals surface area contributed by atoms with E-state index in [1.54, 1.807) is 0 Å². The molecule has 1 aromatic heterocycles. The van der Waals surface area contributed by atoms with Crippen molar-refractivity contribution in [2.45, 2.75) is 24.8 Å². The molecule has 3 rings (SSSR count). The molecule has 106 valence electrons. The maximum Gasteiger partial charge on any atom is 0.0486 e. The smallest absolute Gasteiger partial charge is 0.0486 e. The number of nitrogens with zero attached hydrogens (tertiary/aromatic N) is 1. The van der Waals surface area contributed by atoms with Gasteiger partial charge in [0, 0.05) is 33.9 Å². The molecule has 0 spiro atoms. The number of thiol groups is 1. The molecule has 1 heterocycles. The van der Waals surface area contributed by atoms with Crippen molar-refractivity contribution in [1.29, 1.82) is 0 Å². The fourth-order valence-corrected chi connectivity index (χ4v) is 2.78. The Hall–Kier alpha value is -2.00. The van der Waals surface area contributed by atoms with Crippen molar-refractivity contribution in [2.24, 2.45) is 0 Å². The highest BCUT2D eigenvalue weighted by atomic mass is 32.1. The molecule has 0 fully saturated rings. The molecular weight excluding hydrogens is 276 g/mol. The van der Waals surface area contributed by atoms with Crippen molar-refractivity contribution < 1.29 is 0 Å². The number of rotatable bonds is 3. The van der Waals surface area contributed by atoms with Crippen molar-refractivity contribution in [2.75, 3.05) is 5.32 Å². The van der Waals surface area contributed by atoms with E-state index in [-0.39, 0.29) is 6.04 Å². The average molecular weight is 294 g/mol. The lowest BCUT2D eigenvalue weighted by Gasteiger charge is -2.16. The largest absolute Gasteiger partial charge is 0.379 e. The minimum atomic E-state index is 0.234. The standard InChI is InChI=1S/C18H18N2S/c1-12(14-4-3-5-17(21)11-14)20-16-6-7-18-13(2)19-9-8-15(18)10-16/h3-12,20-21H,1-2H3. The first-order valence-electron chi connectivity index (χ1n) is 7.04. The second-order valence-electron chi connectivity index (χ2n) is 5.29. The Balaban J connectivity index is 1.88. The molecule has 0 saturated carbocycles. The highest BCUT2D eigenvalue weighted by molar-refractivity contribution is 7.80. The fourth-order valence-electron chi connectivity index (χ4n) is 2.55. The molecule has 0 aliphatic heterocycles. The summed E-state index contributed by atoms with van der Waals surface area (Å²) in [7, 11) is 0. The van der Waals surface area contributed by atoms with Crippen LogP contribution in [0.1, 0.15) is 24.2 Å². The number of aromatic nitrogens is 1. The summed E-state index contributed by atoms with van der Waals surface area (Å²) in [4.78, 5) is 5.31. The van der Waals surface area contributed by atoms with Crippen molar-refractivity contribution >= 4 is 29.1 Å². The predicted octanol–water partition coefficient (Wildman–Crippen LogP) is 5.01. The summed E-state index contributed by atoms with van der Waals surface area (Å²) in [6, 6.07) is 16.9. The summed E-state index contributed by atoms with van der Waals surface area (Å²) in [5.74, 6) is 0. The molecule has 0 aliphatic carbocycles. The van der Waals surface area contributed by atoms with Crippen LogP contribution >= 0.6 is 12.6 Å². The molecule has 1 atom stereocenters. The lowest BCUT2D eigenvalue weighted by atomic mass is 10.1. The van der Waals surface area contributed by atoms with Gasteiger partial charge in [-0.2, -0.15) is 0 Å². The lowest BCUT2D eigenvalue weighted by molar-refractivity contribution is 0.881. The van der Waals surface area contributed by atoms with Crippen molar-refractivity contribution in [1.82, 2.24) is 4.98 Å². The van der Waals surface area contributed by atoms with E-state index in [4.69, 9.17) is 0 Å². The summed E-state index contributed by atoms with van der Waals surface area (Å²) in [5, 5.41) is 5.96. The SMILES string of the molecule is Cc1nccc2cc(NC(C)c3cccc(S)c3)ccc12. The van der Waals surface area contributed by atoms with E-state index in [9.17, 15) is 0 Å². The van der Waals surface area contributed by atoms with Gasteiger partial charge in [-0.1, -0.05) is 18.2 Å². The van der Waals surface area contributed by atoms with E-state index in [2.05, 4.69) is 60.2 Å². The maximum absolute atomic E-state index is 4.40. The summed E-state index contributed by atoms with van der Waals surface area (Å²) < 4.78 is 0. The first-order chi connectivity index (χ1) is 10.1. The normalized spacial score (nSPS) is 12.3. The second kappa shape index (κ2) is 5.78. The van der Waals surface area contributed by atoms with Gasteiger partial charge in [-0.3, -0.25) is 4.98 Å². The molecular formula is C18H18N2S. The highest BCUT2D eigenvalue weighted by Gasteiger charge is 2.06. The molecule has 0 aliphatic rings. The Morgan fingerprint density at radius 3 is 2.76 bits per heavy atom. The summed E-state index contributed by atoms with van der Waals surface area (Å²) >= 11 is 4.40. The van der Waals surface area contributed by atoms with Crippen LogP contribution in [0.15, 0.2) is 59.6 Å². The van der Waals surface area contributed by atoms with Crippen LogP contribution in [0.5, 0.6) is 0 Å². The Kier molecular flexibility index (Phi) is 3.84. The number of anilines is 1. The maximum atomic E-state index is 4.40. The topological polar surface area (TPSA) is 24.9 Å². The zero-order valence-electron chi connectivity index (χ0n) is 12.2. The third-order valence-electron chi connectivity index (χ3n) is 3.72. The van der Waals surface area contributed by atoms with Gasteiger partial charge in [0.25, 0.3) is 0 Å². The number of pyridine rings is 1. The Labute approximate surface area is 130 Å². The van der Waals surface area contributed by atoms with Gasteiger partial charge in [0.2, 0.25) is 0 Å². The summed E-state index contributed by atoms with van der Waals surface area (Å²) in [5.41, 5.74) is 3.41. The molecule has 1 unspecified atom stereocenters. The zero-order valence-corrected chi connectivity index (χ0v) is 13.1. The van der Waals surface area contributed by atoms with Crippen molar-refractivity contribution in [3.05, 3.63) is 66.0 Å². The molecule has 1 N–H and O–H groups in total. The Morgan fingerprint density at radius 1 is 1.10 bits per heavy atom. The van der Waals surface area contributed by atoms with E-state index < -0.39 is 0 Å². The van der Waals surface area contributed by atoms with Gasteiger partial charge < -0.3 is 5.32 Å². The number of fused-ring (bicyclic) bond motifs is 1. The van der Waals surface area contributed by atoms with Crippen LogP contribution in [-0.4, -0.2) is 4.98 Å². The number of nitrogens with one attached hydrogen (secondary N) is 1. The monoisotopic (exact) mass is 294 g/mol. The van der Waals surface area contributed by atoms with Crippen LogP contribution in [0.2, 0.25) is 0 Å². The molecule has 0 saturated heterocycles. The van der Waals surface area contributed by atoms with Gasteiger partial charge in [-0.15, -0.1) is 12.6 Å². The van der Waals surface area contributed by atoms with E-state index in [0.29, 0.717) is 0 Å². The second-order valence-corrected chi connectivity index (χ2v) is 5.81. The molecule has 3 aromatic rings. The summed E-state index contributed by atoms with van der Waals surface area (Å²) in [6.45, 7) is 4.20. The third-order valence-corrected chi connectivity index (χ3v) is 4.00. The van der Waals surface area contributed by atoms with Gasteiger partial charge in [-0.25, -0.2) is 0 Å². The van der Waals surface area contributed by atoms with Gasteiger partial charge in [0.1, 0.15) is 0 Å². The first-order valence-corrected chi connectivity index (χ1v) is 7.49. The highest BCUT2D eigenvalue weighted by Crippen LogP contribution is 2.25. The average Bonchev–Trinajstić information content (AvgIpc) is 2.47. The van der Waals surface area contributed by atoms with Crippen LogP contribution < -0.4 is 5.32 Å². The molecule has 0 radical (unpaired) electrons. The first kappa shape index (κ1) is 14.0. The van der Waals surface area contributed by atoms with Crippen LogP contribution in [0, 0.1) is 6.92 Å². The van der Waals surface area contributed by atoms with Crippen LogP contribution in [0.25, 0.3) is 10.8 Å². The molecule has 0 amide bonds. The van der Waals surface area contributed by atoms with E-state index >= 15 is 0 Å². The van der Waals surface area contributed by atoms with Crippen LogP contribution in [0.3, 0.4) is 0 Å². The van der Waals surface area contributed by atoms with Crippen molar-refractivity contribution in [3.63, 3.8) is 0 Å². The lowest BCUT2D eigenvalue weighted by Crippen LogP contribution is -2.06. The van der Waals surface area contributed by atoms with Gasteiger partial charge in [0.15, 0.2) is 0 Å². The molecule has 2 nitrogen and oxygen atoms in total. The van der Waals surface area contributed by atoms with Crippen LogP contribution in [0.4, 0.5) is 5.69 Å². The Bertz CT molecular complexity index is 783. The summed E-state index contributed by atoms with van der Waals surface area (Å²) in [6.07, 6.45) is 1.86. The van der Waals surface area contributed by atoms with Gasteiger partial charge in [-0.05, 0) is 55.1 Å². The molecule has 3 heteroatoms. The predicted molar refractivity (Wildman–Crippen MR) is 92.2 cm³/mol. The van der Waals surface area contributed by atoms with Crippen LogP contribution in [-0.2, 0) is 0 Å². The van der Waals surface area contributed by atoms with E-state index in [0.717, 1.165) is 16.3 Å². The number of hydrogen-bond donors (Lipinski definition) is 2.